The predicted octanol–water partition coefficient (Wildman–Crippen LogP) is -0.284. The van der Waals surface area contributed by atoms with Gasteiger partial charge in [0.1, 0.15) is 0 Å². The van der Waals surface area contributed by atoms with E-state index in [0.29, 0.717) is 0 Å². The van der Waals surface area contributed by atoms with Crippen LogP contribution < -0.4 is 5.32 Å². The van der Waals surface area contributed by atoms with Crippen LogP contribution in [0, 0.1) is 0 Å². The van der Waals surface area contributed by atoms with Crippen molar-refractivity contribution in [3.05, 3.63) is 0 Å². The Hall–Kier alpha value is -0.610. The molecule has 0 aromatic carbocycles. The molecule has 4 nitrogen and oxygen atoms in total. The van der Waals surface area contributed by atoms with Gasteiger partial charge in [0.05, 0.1) is 6.17 Å². The molecule has 0 aliphatic carbocycles. The summed E-state index contributed by atoms with van der Waals surface area (Å²) < 4.78 is 0. The molecule has 1 fully saturated rings. The van der Waals surface area contributed by atoms with Crippen molar-refractivity contribution in [1.29, 1.82) is 0 Å². The summed E-state index contributed by atoms with van der Waals surface area (Å²) in [5.74, 6) is 0.0476. The topological polar surface area (TPSA) is 35.6 Å². The van der Waals surface area contributed by atoms with Crippen LogP contribution >= 0.6 is 0 Å². The maximum absolute atomic E-state index is 10.8. The van der Waals surface area contributed by atoms with Gasteiger partial charge in [-0.25, -0.2) is 0 Å². The molecule has 76 valence electrons. The number of nitrogens with one attached hydrogen (secondary N) is 1. The third kappa shape index (κ3) is 3.32. The Balaban J connectivity index is 2.31. The van der Waals surface area contributed by atoms with Gasteiger partial charge in [-0.2, -0.15) is 0 Å². The molecule has 0 saturated carbocycles. The van der Waals surface area contributed by atoms with Gasteiger partial charge in [-0.3, -0.25) is 9.69 Å². The van der Waals surface area contributed by atoms with Crippen LogP contribution in [0.1, 0.15) is 13.8 Å². The van der Waals surface area contributed by atoms with Crippen LogP contribution in [-0.4, -0.2) is 55.1 Å². The Morgan fingerprint density at radius 1 is 1.31 bits per heavy atom. The van der Waals surface area contributed by atoms with E-state index < -0.39 is 0 Å². The molecule has 1 aliphatic rings. The first-order valence-electron chi connectivity index (χ1n) is 4.79. The zero-order valence-electron chi connectivity index (χ0n) is 8.71. The molecule has 13 heavy (non-hydrogen) atoms. The monoisotopic (exact) mass is 185 g/mol. The zero-order chi connectivity index (χ0) is 9.84. The second kappa shape index (κ2) is 4.58. The molecular formula is C9H19N3O. The molecule has 1 amide bonds. The lowest BCUT2D eigenvalue weighted by Gasteiger charge is -2.36. The first kappa shape index (κ1) is 10.5. The van der Waals surface area contributed by atoms with Crippen molar-refractivity contribution in [1.82, 2.24) is 15.1 Å². The lowest BCUT2D eigenvalue weighted by atomic mass is 10.3. The largest absolute Gasteiger partial charge is 0.341 e. The fourth-order valence-electron chi connectivity index (χ4n) is 1.59. The van der Waals surface area contributed by atoms with Crippen molar-refractivity contribution >= 4 is 5.91 Å². The molecule has 1 heterocycles. The van der Waals surface area contributed by atoms with E-state index in [-0.39, 0.29) is 12.1 Å². The summed E-state index contributed by atoms with van der Waals surface area (Å²) in [7, 11) is 2.13. The predicted molar refractivity (Wildman–Crippen MR) is 52.3 cm³/mol. The molecule has 1 rings (SSSR count). The summed E-state index contributed by atoms with van der Waals surface area (Å²) in [6.07, 6.45) is 0.172. The zero-order valence-corrected chi connectivity index (χ0v) is 8.71. The second-order valence-electron chi connectivity index (χ2n) is 3.72. The molecule has 1 atom stereocenters. The molecule has 0 spiro atoms. The minimum Gasteiger partial charge on any atom is -0.341 e. The maximum atomic E-state index is 10.8. The van der Waals surface area contributed by atoms with Gasteiger partial charge >= 0.3 is 0 Å². The van der Waals surface area contributed by atoms with Gasteiger partial charge < -0.3 is 10.2 Å². The highest BCUT2D eigenvalue weighted by Gasteiger charge is 2.18. The second-order valence-corrected chi connectivity index (χ2v) is 3.72. The molecule has 1 aliphatic heterocycles. The average molecular weight is 185 g/mol. The quantitative estimate of drug-likeness (QED) is 0.642. The first-order valence-corrected chi connectivity index (χ1v) is 4.79. The number of amides is 1. The summed E-state index contributed by atoms with van der Waals surface area (Å²) in [6.45, 7) is 7.85. The van der Waals surface area contributed by atoms with Crippen molar-refractivity contribution in [3.8, 4) is 0 Å². The Morgan fingerprint density at radius 2 is 1.85 bits per heavy atom. The molecule has 0 bridgehead atoms. The number of carbonyl (C=O) groups excluding carboxylic acids is 1. The molecule has 0 aromatic rings. The van der Waals surface area contributed by atoms with Crippen LogP contribution in [0.25, 0.3) is 0 Å². The Kier molecular flexibility index (Phi) is 3.69. The van der Waals surface area contributed by atoms with Crippen molar-refractivity contribution in [2.24, 2.45) is 0 Å². The molecule has 1 N–H and O–H groups in total. The minimum absolute atomic E-state index is 0.0476. The van der Waals surface area contributed by atoms with Gasteiger partial charge in [0.15, 0.2) is 0 Å². The number of carbonyl (C=O) groups is 1. The molecule has 1 unspecified atom stereocenters. The fourth-order valence-corrected chi connectivity index (χ4v) is 1.59. The van der Waals surface area contributed by atoms with Gasteiger partial charge in [-0.05, 0) is 14.0 Å². The van der Waals surface area contributed by atoms with Crippen molar-refractivity contribution in [2.75, 3.05) is 33.2 Å². The third-order valence-corrected chi connectivity index (χ3v) is 2.50. The minimum atomic E-state index is 0.0476. The average Bonchev–Trinajstić information content (AvgIpc) is 2.04. The molecule has 1 saturated heterocycles. The van der Waals surface area contributed by atoms with Gasteiger partial charge in [-0.15, -0.1) is 0 Å². The van der Waals surface area contributed by atoms with Crippen LogP contribution in [0.4, 0.5) is 0 Å². The highest BCUT2D eigenvalue weighted by atomic mass is 16.1. The van der Waals surface area contributed by atoms with Gasteiger partial charge in [-0.1, -0.05) is 0 Å². The van der Waals surface area contributed by atoms with E-state index in [9.17, 15) is 4.79 Å². The highest BCUT2D eigenvalue weighted by Crippen LogP contribution is 2.02. The van der Waals surface area contributed by atoms with Crippen LogP contribution in [0.3, 0.4) is 0 Å². The number of hydrogen-bond donors (Lipinski definition) is 1. The van der Waals surface area contributed by atoms with E-state index in [0.717, 1.165) is 26.2 Å². The van der Waals surface area contributed by atoms with Gasteiger partial charge in [0, 0.05) is 33.1 Å². The Morgan fingerprint density at radius 3 is 2.31 bits per heavy atom. The van der Waals surface area contributed by atoms with Crippen LogP contribution in [0.5, 0.6) is 0 Å². The standard InChI is InChI=1S/C9H19N3O/c1-8(10-9(2)13)12-6-4-11(3)5-7-12/h8H,4-7H2,1-3H3,(H,10,13). The lowest BCUT2D eigenvalue weighted by Crippen LogP contribution is -2.53. The molecule has 0 aromatic heterocycles. The number of hydrogen-bond acceptors (Lipinski definition) is 3. The smallest absolute Gasteiger partial charge is 0.218 e. The highest BCUT2D eigenvalue weighted by molar-refractivity contribution is 5.73. The van der Waals surface area contributed by atoms with E-state index in [2.05, 4.69) is 22.2 Å². The number of piperazine rings is 1. The van der Waals surface area contributed by atoms with Gasteiger partial charge in [0.25, 0.3) is 0 Å². The van der Waals surface area contributed by atoms with E-state index >= 15 is 0 Å². The molecule has 4 heteroatoms. The maximum Gasteiger partial charge on any atom is 0.218 e. The van der Waals surface area contributed by atoms with E-state index in [1.165, 1.54) is 0 Å². The normalized spacial score (nSPS) is 22.7. The van der Waals surface area contributed by atoms with E-state index in [1.807, 2.05) is 6.92 Å². The summed E-state index contributed by atoms with van der Waals surface area (Å²) in [5, 5.41) is 2.90. The summed E-state index contributed by atoms with van der Waals surface area (Å²) >= 11 is 0. The van der Waals surface area contributed by atoms with Crippen molar-refractivity contribution in [2.45, 2.75) is 20.0 Å². The van der Waals surface area contributed by atoms with Crippen molar-refractivity contribution < 1.29 is 4.79 Å². The summed E-state index contributed by atoms with van der Waals surface area (Å²) in [4.78, 5) is 15.4. The number of likely N-dealkylation sites (N-methyl/N-ethyl adjacent to an activating group) is 1. The van der Waals surface area contributed by atoms with Gasteiger partial charge in [0.2, 0.25) is 5.91 Å². The SMILES string of the molecule is CC(=O)NC(C)N1CCN(C)CC1. The number of rotatable bonds is 2. The van der Waals surface area contributed by atoms with E-state index in [1.54, 1.807) is 6.92 Å². The summed E-state index contributed by atoms with van der Waals surface area (Å²) in [6, 6.07) is 0. The molecular weight excluding hydrogens is 166 g/mol. The molecule has 0 radical (unpaired) electrons. The number of nitrogens with zero attached hydrogens (tertiary/aromatic N) is 2. The first-order chi connectivity index (χ1) is 6.09. The fraction of sp³-hybridized carbons (Fsp3) is 0.889. The lowest BCUT2D eigenvalue weighted by molar-refractivity contribution is -0.120. The third-order valence-electron chi connectivity index (χ3n) is 2.50. The Bertz CT molecular complexity index is 176. The Labute approximate surface area is 79.9 Å². The van der Waals surface area contributed by atoms with E-state index in [4.69, 9.17) is 0 Å². The van der Waals surface area contributed by atoms with Crippen LogP contribution in [0.15, 0.2) is 0 Å². The van der Waals surface area contributed by atoms with Crippen LogP contribution in [-0.2, 0) is 4.79 Å². The summed E-state index contributed by atoms with van der Waals surface area (Å²) in [5.41, 5.74) is 0. The van der Waals surface area contributed by atoms with Crippen LogP contribution in [0.2, 0.25) is 0 Å². The van der Waals surface area contributed by atoms with Crippen molar-refractivity contribution in [3.63, 3.8) is 0 Å².